The third-order valence-electron chi connectivity index (χ3n) is 4.28. The van der Waals surface area contributed by atoms with Crippen LogP contribution in [0.2, 0.25) is 0 Å². The molecule has 0 N–H and O–H groups in total. The summed E-state index contributed by atoms with van der Waals surface area (Å²) in [6.07, 6.45) is 8.14. The summed E-state index contributed by atoms with van der Waals surface area (Å²) in [6.45, 7) is 3.70. The molecule has 0 amide bonds. The lowest BCUT2D eigenvalue weighted by Gasteiger charge is -2.09. The molecule has 0 aliphatic rings. The molecular formula is C26H26N4O2. The molecule has 4 rings (SSSR count). The quantitative estimate of drug-likeness (QED) is 0.287. The summed E-state index contributed by atoms with van der Waals surface area (Å²) in [5.41, 5.74) is 6.06. The van der Waals surface area contributed by atoms with Crippen molar-refractivity contribution in [3.05, 3.63) is 89.6 Å². The van der Waals surface area contributed by atoms with Gasteiger partial charge in [0.15, 0.2) is 0 Å². The molecule has 2 aromatic heterocycles. The van der Waals surface area contributed by atoms with Crippen LogP contribution in [-0.4, -0.2) is 29.0 Å². The highest BCUT2D eigenvalue weighted by Gasteiger charge is 2.18. The van der Waals surface area contributed by atoms with Crippen LogP contribution < -0.4 is 0 Å². The Morgan fingerprint density at radius 3 is 2.25 bits per heavy atom. The van der Waals surface area contributed by atoms with Crippen molar-refractivity contribution in [1.82, 2.24) is 14.8 Å². The molecule has 0 saturated heterocycles. The van der Waals surface area contributed by atoms with Crippen LogP contribution in [0.15, 0.2) is 84.3 Å². The lowest BCUT2D eigenvalue weighted by Crippen LogP contribution is -1.99. The molecule has 32 heavy (non-hydrogen) atoms. The largest absolute Gasteiger partial charge is 0.388 e. The Bertz CT molecular complexity index is 1160. The molecule has 0 aliphatic heterocycles. The minimum atomic E-state index is 0.373. The summed E-state index contributed by atoms with van der Waals surface area (Å²) in [5.74, 6) is 2.25. The fraction of sp³-hybridized carbons (Fsp3) is 0.154. The van der Waals surface area contributed by atoms with E-state index >= 15 is 0 Å². The maximum Gasteiger partial charge on any atom is 0.110 e. The van der Waals surface area contributed by atoms with Crippen molar-refractivity contribution in [2.45, 2.75) is 13.8 Å². The van der Waals surface area contributed by atoms with Crippen molar-refractivity contribution in [1.29, 1.82) is 0 Å². The molecule has 162 valence electrons. The Kier molecular flexibility index (Phi) is 9.51. The zero-order valence-electron chi connectivity index (χ0n) is 18.7. The van der Waals surface area contributed by atoms with Gasteiger partial charge >= 0.3 is 0 Å². The fourth-order valence-electron chi connectivity index (χ4n) is 3.08. The number of hydrogen-bond donors (Lipinski definition) is 0. The van der Waals surface area contributed by atoms with Crippen LogP contribution in [0.5, 0.6) is 0 Å². The average Bonchev–Trinajstić information content (AvgIpc) is 3.18. The normalized spacial score (nSPS) is 9.47. The standard InChI is InChI=1S/C21H16N4O.C3H4.C2H6O/c1-15-20(17-9-6-12-22-14-17)23-25(19-11-5-10-18(13-19)24-26)21(15)16-7-3-2-4-8-16;2*1-3-2/h2-14H,1H3;1H,2H3;1-2H3. The maximum absolute atomic E-state index is 11.0. The first-order valence-electron chi connectivity index (χ1n) is 9.87. The van der Waals surface area contributed by atoms with Gasteiger partial charge in [-0.25, -0.2) is 4.68 Å². The molecule has 0 aliphatic carbocycles. The number of ether oxygens (including phenoxy) is 1. The summed E-state index contributed by atoms with van der Waals surface area (Å²) in [6, 6.07) is 21.1. The van der Waals surface area contributed by atoms with Gasteiger partial charge < -0.3 is 4.74 Å². The second kappa shape index (κ2) is 12.6. The summed E-state index contributed by atoms with van der Waals surface area (Å²) in [4.78, 5) is 15.2. The summed E-state index contributed by atoms with van der Waals surface area (Å²) < 4.78 is 6.11. The molecule has 6 nitrogen and oxygen atoms in total. The molecule has 0 unspecified atom stereocenters. The maximum atomic E-state index is 11.0. The van der Waals surface area contributed by atoms with Gasteiger partial charge in [-0.2, -0.15) is 5.10 Å². The highest BCUT2D eigenvalue weighted by atomic mass is 16.4. The summed E-state index contributed by atoms with van der Waals surface area (Å²) in [7, 11) is 3.25. The monoisotopic (exact) mass is 426 g/mol. The van der Waals surface area contributed by atoms with Crippen LogP contribution in [0.3, 0.4) is 0 Å². The van der Waals surface area contributed by atoms with E-state index in [2.05, 4.69) is 46.3 Å². The Morgan fingerprint density at radius 1 is 1.00 bits per heavy atom. The van der Waals surface area contributed by atoms with E-state index in [4.69, 9.17) is 5.10 Å². The highest BCUT2D eigenvalue weighted by Crippen LogP contribution is 2.33. The first kappa shape index (κ1) is 24.2. The predicted octanol–water partition coefficient (Wildman–Crippen LogP) is 6.21. The molecule has 2 heterocycles. The van der Waals surface area contributed by atoms with Gasteiger partial charge in [0.2, 0.25) is 0 Å². The molecule has 4 aromatic rings. The van der Waals surface area contributed by atoms with E-state index in [1.54, 1.807) is 45.7 Å². The van der Waals surface area contributed by atoms with Gasteiger partial charge in [-0.15, -0.1) is 17.3 Å². The van der Waals surface area contributed by atoms with Gasteiger partial charge in [-0.1, -0.05) is 36.4 Å². The number of aromatic nitrogens is 3. The molecule has 6 heteroatoms. The fourth-order valence-corrected chi connectivity index (χ4v) is 3.08. The Morgan fingerprint density at radius 2 is 1.66 bits per heavy atom. The lowest BCUT2D eigenvalue weighted by molar-refractivity contribution is 0.277. The Hall–Kier alpha value is -4.08. The minimum absolute atomic E-state index is 0.373. The number of benzene rings is 2. The minimum Gasteiger partial charge on any atom is -0.388 e. The first-order valence-corrected chi connectivity index (χ1v) is 9.87. The van der Waals surface area contributed by atoms with Crippen LogP contribution in [0.25, 0.3) is 28.2 Å². The van der Waals surface area contributed by atoms with Gasteiger partial charge in [0.05, 0.1) is 17.1 Å². The smallest absolute Gasteiger partial charge is 0.110 e. The van der Waals surface area contributed by atoms with Gasteiger partial charge in [0, 0.05) is 43.3 Å². The number of terminal acetylenes is 1. The van der Waals surface area contributed by atoms with Crippen molar-refractivity contribution in [3.63, 3.8) is 0 Å². The van der Waals surface area contributed by atoms with E-state index in [0.717, 1.165) is 33.8 Å². The lowest BCUT2D eigenvalue weighted by atomic mass is 10.0. The zero-order valence-corrected chi connectivity index (χ0v) is 18.7. The third-order valence-corrected chi connectivity index (χ3v) is 4.28. The van der Waals surface area contributed by atoms with E-state index in [1.807, 2.05) is 47.1 Å². The van der Waals surface area contributed by atoms with Crippen molar-refractivity contribution < 1.29 is 4.74 Å². The average molecular weight is 427 g/mol. The molecule has 0 atom stereocenters. The molecule has 2 aromatic carbocycles. The van der Waals surface area contributed by atoms with E-state index in [9.17, 15) is 4.91 Å². The van der Waals surface area contributed by atoms with Crippen LogP contribution >= 0.6 is 0 Å². The van der Waals surface area contributed by atoms with Crippen molar-refractivity contribution in [2.24, 2.45) is 5.18 Å². The van der Waals surface area contributed by atoms with E-state index in [0.29, 0.717) is 5.69 Å². The first-order chi connectivity index (χ1) is 15.6. The van der Waals surface area contributed by atoms with Crippen LogP contribution in [0, 0.1) is 24.2 Å². The van der Waals surface area contributed by atoms with E-state index in [1.165, 1.54) is 0 Å². The number of pyridine rings is 1. The van der Waals surface area contributed by atoms with Gasteiger partial charge in [-0.3, -0.25) is 4.98 Å². The topological polar surface area (TPSA) is 69.4 Å². The summed E-state index contributed by atoms with van der Waals surface area (Å²) in [5, 5.41) is 7.88. The van der Waals surface area contributed by atoms with Crippen molar-refractivity contribution in [2.75, 3.05) is 14.2 Å². The third kappa shape index (κ3) is 5.97. The predicted molar refractivity (Wildman–Crippen MR) is 130 cm³/mol. The van der Waals surface area contributed by atoms with Crippen LogP contribution in [0.1, 0.15) is 12.5 Å². The van der Waals surface area contributed by atoms with Gasteiger partial charge in [-0.05, 0) is 49.4 Å². The number of nitrogens with zero attached hydrogens (tertiary/aromatic N) is 4. The van der Waals surface area contributed by atoms with E-state index in [-0.39, 0.29) is 0 Å². The molecule has 0 spiro atoms. The molecular weight excluding hydrogens is 400 g/mol. The number of hydrogen-bond acceptors (Lipinski definition) is 5. The number of rotatable bonds is 4. The van der Waals surface area contributed by atoms with Gasteiger partial charge in [0.1, 0.15) is 5.69 Å². The number of nitroso groups, excluding NO2 is 1. The summed E-state index contributed by atoms with van der Waals surface area (Å²) >= 11 is 0. The van der Waals surface area contributed by atoms with Crippen LogP contribution in [0.4, 0.5) is 5.69 Å². The Balaban J connectivity index is 0.000000547. The molecule has 0 bridgehead atoms. The van der Waals surface area contributed by atoms with Crippen molar-refractivity contribution >= 4 is 5.69 Å². The van der Waals surface area contributed by atoms with Crippen LogP contribution in [-0.2, 0) is 4.74 Å². The second-order valence-corrected chi connectivity index (χ2v) is 6.65. The zero-order chi connectivity index (χ0) is 23.3. The molecule has 0 fully saturated rings. The van der Waals surface area contributed by atoms with Gasteiger partial charge in [0.25, 0.3) is 0 Å². The number of methoxy groups -OCH3 is 1. The van der Waals surface area contributed by atoms with Crippen molar-refractivity contribution in [3.8, 4) is 40.5 Å². The SMILES string of the molecule is C#CC.COC.Cc1c(-c2cccnc2)nn(-c2cccc(N=O)c2)c1-c1ccccc1. The molecule has 0 saturated carbocycles. The van der Waals surface area contributed by atoms with E-state index < -0.39 is 0 Å². The Labute approximate surface area is 188 Å². The highest BCUT2D eigenvalue weighted by molar-refractivity contribution is 5.75. The molecule has 0 radical (unpaired) electrons. The second-order valence-electron chi connectivity index (χ2n) is 6.65.